The third kappa shape index (κ3) is 5.54. The second-order valence-electron chi connectivity index (χ2n) is 9.06. The second-order valence-corrected chi connectivity index (χ2v) is 10.9. The number of pyridine rings is 1. The van der Waals surface area contributed by atoms with Crippen molar-refractivity contribution < 1.29 is 18.3 Å². The van der Waals surface area contributed by atoms with Gasteiger partial charge in [-0.3, -0.25) is 14.3 Å². The van der Waals surface area contributed by atoms with E-state index in [1.165, 1.54) is 23.8 Å². The molecule has 0 fully saturated rings. The monoisotopic (exact) mass is 533 g/mol. The van der Waals surface area contributed by atoms with E-state index < -0.39 is 32.2 Å². The molecule has 0 aliphatic heterocycles. The molecular weight excluding hydrogens is 502 g/mol. The largest absolute Gasteiger partial charge is 0.493 e. The van der Waals surface area contributed by atoms with E-state index in [1.807, 2.05) is 56.3 Å². The van der Waals surface area contributed by atoms with Gasteiger partial charge in [0, 0.05) is 25.4 Å². The number of hydrogen-bond donors (Lipinski definition) is 1. The van der Waals surface area contributed by atoms with Gasteiger partial charge < -0.3 is 9.84 Å². The molecule has 0 radical (unpaired) electrons. The van der Waals surface area contributed by atoms with Crippen molar-refractivity contribution in [1.82, 2.24) is 14.5 Å². The van der Waals surface area contributed by atoms with Crippen LogP contribution in [-0.4, -0.2) is 41.8 Å². The zero-order valence-corrected chi connectivity index (χ0v) is 22.5. The van der Waals surface area contributed by atoms with Crippen LogP contribution in [0.1, 0.15) is 42.9 Å². The Morgan fingerprint density at radius 1 is 1.03 bits per heavy atom. The summed E-state index contributed by atoms with van der Waals surface area (Å²) in [6.07, 6.45) is 3.63. The summed E-state index contributed by atoms with van der Waals surface area (Å²) in [4.78, 5) is 20.6. The summed E-state index contributed by atoms with van der Waals surface area (Å²) in [6.45, 7) is 4.02. The molecule has 4 rings (SSSR count). The van der Waals surface area contributed by atoms with Gasteiger partial charge in [0.2, 0.25) is 15.7 Å². The Labute approximate surface area is 222 Å². The lowest BCUT2D eigenvalue weighted by atomic mass is 10.1. The minimum absolute atomic E-state index is 0.114. The molecule has 1 atom stereocenters. The van der Waals surface area contributed by atoms with Gasteiger partial charge >= 0.3 is 0 Å². The SMILES string of the molecule is CCCCc1nc(=O)c(S(=O)(=O)c2ccc(-c3ccnc(C)c3)cc2)c(O)n1[C@@H](COC)c1ccccc1. The van der Waals surface area contributed by atoms with Crippen LogP contribution in [0.4, 0.5) is 0 Å². The fourth-order valence-corrected chi connectivity index (χ4v) is 5.79. The Morgan fingerprint density at radius 2 is 1.74 bits per heavy atom. The molecule has 2 aromatic carbocycles. The molecule has 0 bridgehead atoms. The van der Waals surface area contributed by atoms with E-state index in [-0.39, 0.29) is 11.5 Å². The molecule has 1 N–H and O–H groups in total. The molecule has 0 aliphatic rings. The lowest BCUT2D eigenvalue weighted by molar-refractivity contribution is 0.161. The molecule has 38 heavy (non-hydrogen) atoms. The molecule has 198 valence electrons. The third-order valence-electron chi connectivity index (χ3n) is 6.37. The molecule has 0 aliphatic carbocycles. The number of aryl methyl sites for hydroxylation is 2. The number of ether oxygens (including phenoxy) is 1. The maximum atomic E-state index is 13.7. The van der Waals surface area contributed by atoms with E-state index in [1.54, 1.807) is 18.3 Å². The molecule has 0 amide bonds. The van der Waals surface area contributed by atoms with Gasteiger partial charge in [0.25, 0.3) is 5.56 Å². The summed E-state index contributed by atoms with van der Waals surface area (Å²) in [5, 5.41) is 11.4. The van der Waals surface area contributed by atoms with Crippen molar-refractivity contribution in [2.24, 2.45) is 0 Å². The fraction of sp³-hybridized carbons (Fsp3) is 0.276. The topological polar surface area (TPSA) is 111 Å². The summed E-state index contributed by atoms with van der Waals surface area (Å²) < 4.78 is 34.3. The van der Waals surface area contributed by atoms with Crippen LogP contribution in [-0.2, 0) is 21.0 Å². The highest BCUT2D eigenvalue weighted by Gasteiger charge is 2.32. The van der Waals surface area contributed by atoms with Crippen LogP contribution in [0.3, 0.4) is 0 Å². The van der Waals surface area contributed by atoms with Crippen LogP contribution >= 0.6 is 0 Å². The number of benzene rings is 2. The summed E-state index contributed by atoms with van der Waals surface area (Å²) in [5.74, 6) is -0.335. The van der Waals surface area contributed by atoms with E-state index in [0.29, 0.717) is 18.7 Å². The van der Waals surface area contributed by atoms with Gasteiger partial charge in [-0.05, 0) is 54.3 Å². The van der Waals surface area contributed by atoms with Gasteiger partial charge in [0.1, 0.15) is 5.82 Å². The van der Waals surface area contributed by atoms with Crippen molar-refractivity contribution in [3.8, 4) is 17.0 Å². The predicted octanol–water partition coefficient (Wildman–Crippen LogP) is 4.73. The Morgan fingerprint density at radius 3 is 2.37 bits per heavy atom. The average molecular weight is 534 g/mol. The minimum atomic E-state index is -4.40. The van der Waals surface area contributed by atoms with Crippen molar-refractivity contribution in [3.05, 3.63) is 100 Å². The zero-order valence-electron chi connectivity index (χ0n) is 21.7. The Kier molecular flexibility index (Phi) is 8.38. The van der Waals surface area contributed by atoms with E-state index in [4.69, 9.17) is 4.74 Å². The van der Waals surface area contributed by atoms with Crippen molar-refractivity contribution >= 4 is 9.84 Å². The molecule has 0 spiro atoms. The molecule has 2 aromatic heterocycles. The Hall–Kier alpha value is -3.82. The molecule has 9 heteroatoms. The van der Waals surface area contributed by atoms with Crippen molar-refractivity contribution in [3.63, 3.8) is 0 Å². The number of hydrogen-bond acceptors (Lipinski definition) is 7. The summed E-state index contributed by atoms with van der Waals surface area (Å²) in [7, 11) is -2.87. The van der Waals surface area contributed by atoms with Crippen LogP contribution in [0.25, 0.3) is 11.1 Å². The first-order valence-electron chi connectivity index (χ1n) is 12.4. The first-order valence-corrected chi connectivity index (χ1v) is 13.9. The Balaban J connectivity index is 1.86. The van der Waals surface area contributed by atoms with Gasteiger partial charge in [0.05, 0.1) is 17.5 Å². The second kappa shape index (κ2) is 11.7. The average Bonchev–Trinajstić information content (AvgIpc) is 2.91. The summed E-state index contributed by atoms with van der Waals surface area (Å²) in [6, 6.07) is 18.6. The van der Waals surface area contributed by atoms with Gasteiger partial charge in [-0.1, -0.05) is 55.8 Å². The molecule has 8 nitrogen and oxygen atoms in total. The number of sulfone groups is 1. The molecule has 0 saturated heterocycles. The lowest BCUT2D eigenvalue weighted by Crippen LogP contribution is -2.29. The van der Waals surface area contributed by atoms with Crippen molar-refractivity contribution in [2.45, 2.75) is 48.9 Å². The van der Waals surface area contributed by atoms with Crippen LogP contribution in [0, 0.1) is 6.92 Å². The third-order valence-corrected chi connectivity index (χ3v) is 8.16. The first-order chi connectivity index (χ1) is 18.3. The van der Waals surface area contributed by atoms with Crippen molar-refractivity contribution in [1.29, 1.82) is 0 Å². The lowest BCUT2D eigenvalue weighted by Gasteiger charge is -2.25. The van der Waals surface area contributed by atoms with Gasteiger partial charge in [0.15, 0.2) is 4.90 Å². The number of rotatable bonds is 10. The standard InChI is InChI=1S/C29H31N3O5S/c1-4-5-11-26-31-28(33)27(29(34)32(26)25(19-37-3)22-9-7-6-8-10-22)38(35,36)24-14-12-21(13-15-24)23-16-17-30-20(2)18-23/h6-10,12-18,25,34H,4-5,11,19H2,1-3H3/t25-/m0/s1. The Bertz CT molecular complexity index is 1570. The minimum Gasteiger partial charge on any atom is -0.493 e. The zero-order chi connectivity index (χ0) is 27.3. The van der Waals surface area contributed by atoms with Crippen LogP contribution < -0.4 is 5.56 Å². The molecule has 2 heterocycles. The number of unbranched alkanes of at least 4 members (excludes halogenated alkanes) is 1. The number of methoxy groups -OCH3 is 1. The molecule has 4 aromatic rings. The smallest absolute Gasteiger partial charge is 0.296 e. The van der Waals surface area contributed by atoms with Gasteiger partial charge in [-0.2, -0.15) is 4.98 Å². The predicted molar refractivity (Wildman–Crippen MR) is 145 cm³/mol. The fourth-order valence-electron chi connectivity index (χ4n) is 4.45. The number of nitrogens with zero attached hydrogens (tertiary/aromatic N) is 3. The van der Waals surface area contributed by atoms with E-state index in [2.05, 4.69) is 9.97 Å². The van der Waals surface area contributed by atoms with Crippen LogP contribution in [0.2, 0.25) is 0 Å². The maximum absolute atomic E-state index is 13.7. The normalized spacial score (nSPS) is 12.4. The van der Waals surface area contributed by atoms with Gasteiger partial charge in [-0.15, -0.1) is 0 Å². The highest BCUT2D eigenvalue weighted by atomic mass is 32.2. The van der Waals surface area contributed by atoms with E-state index in [9.17, 15) is 18.3 Å². The number of aromatic nitrogens is 3. The molecule has 0 unspecified atom stereocenters. The van der Waals surface area contributed by atoms with E-state index >= 15 is 0 Å². The van der Waals surface area contributed by atoms with Crippen molar-refractivity contribution in [2.75, 3.05) is 13.7 Å². The van der Waals surface area contributed by atoms with Crippen LogP contribution in [0.15, 0.2) is 87.5 Å². The first kappa shape index (κ1) is 27.2. The number of aromatic hydroxyl groups is 1. The van der Waals surface area contributed by atoms with E-state index in [0.717, 1.165) is 28.8 Å². The van der Waals surface area contributed by atoms with Gasteiger partial charge in [-0.25, -0.2) is 8.42 Å². The maximum Gasteiger partial charge on any atom is 0.296 e. The highest BCUT2D eigenvalue weighted by Crippen LogP contribution is 2.33. The quantitative estimate of drug-likeness (QED) is 0.314. The highest BCUT2D eigenvalue weighted by molar-refractivity contribution is 7.91. The molecule has 0 saturated carbocycles. The summed E-state index contributed by atoms with van der Waals surface area (Å²) >= 11 is 0. The molecular formula is C29H31N3O5S. The summed E-state index contributed by atoms with van der Waals surface area (Å²) in [5.41, 5.74) is 2.33. The van der Waals surface area contributed by atoms with Crippen LogP contribution in [0.5, 0.6) is 5.88 Å².